The molecule has 0 unspecified atom stereocenters. The van der Waals surface area contributed by atoms with Crippen LogP contribution in [0.25, 0.3) is 0 Å². The molecule has 0 aliphatic carbocycles. The van der Waals surface area contributed by atoms with E-state index >= 15 is 0 Å². The highest BCUT2D eigenvalue weighted by atomic mass is 15.1. The predicted octanol–water partition coefficient (Wildman–Crippen LogP) is 0.850. The lowest BCUT2D eigenvalue weighted by atomic mass is 10.2. The molecule has 0 saturated heterocycles. The summed E-state index contributed by atoms with van der Waals surface area (Å²) in [6.45, 7) is 2.01. The molecule has 0 saturated carbocycles. The van der Waals surface area contributed by atoms with Crippen molar-refractivity contribution < 1.29 is 0 Å². The molecule has 46 valence electrons. The molecule has 0 rings (SSSR count). The summed E-state index contributed by atoms with van der Waals surface area (Å²) in [6, 6.07) is 2.27. The van der Waals surface area contributed by atoms with Gasteiger partial charge in [-0.15, -0.1) is 0 Å². The highest BCUT2D eigenvalue weighted by molar-refractivity contribution is 4.87. The standard InChI is InChI=1S/C6H12N2/c1-4-6(5-7)8(2)3/h6H,4H2,1-3H3/t6-/m0/s1. The first-order valence-electron chi connectivity index (χ1n) is 2.78. The largest absolute Gasteiger partial charge is 0.294 e. The van der Waals surface area contributed by atoms with Crippen molar-refractivity contribution in [3.63, 3.8) is 0 Å². The quantitative estimate of drug-likeness (QED) is 0.529. The Labute approximate surface area is 50.7 Å². The molecule has 8 heavy (non-hydrogen) atoms. The average molecular weight is 112 g/mol. The maximum Gasteiger partial charge on any atom is 0.0970 e. The smallest absolute Gasteiger partial charge is 0.0970 e. The Kier molecular flexibility index (Phi) is 3.21. The van der Waals surface area contributed by atoms with Crippen LogP contribution >= 0.6 is 0 Å². The van der Waals surface area contributed by atoms with Gasteiger partial charge in [0, 0.05) is 0 Å². The lowest BCUT2D eigenvalue weighted by molar-refractivity contribution is 0.343. The number of hydrogen-bond donors (Lipinski definition) is 0. The highest BCUT2D eigenvalue weighted by Gasteiger charge is 2.03. The molecule has 2 heteroatoms. The van der Waals surface area contributed by atoms with Crippen LogP contribution in [-0.4, -0.2) is 25.0 Å². The Hall–Kier alpha value is -0.550. The van der Waals surface area contributed by atoms with Crippen molar-refractivity contribution in [3.8, 4) is 6.07 Å². The lowest BCUT2D eigenvalue weighted by Gasteiger charge is -2.13. The van der Waals surface area contributed by atoms with Crippen molar-refractivity contribution >= 4 is 0 Å². The molecule has 0 aromatic carbocycles. The molecule has 0 N–H and O–H groups in total. The van der Waals surface area contributed by atoms with E-state index in [1.165, 1.54) is 0 Å². The Morgan fingerprint density at radius 3 is 2.12 bits per heavy atom. The van der Waals surface area contributed by atoms with Gasteiger partial charge in [-0.3, -0.25) is 4.90 Å². The van der Waals surface area contributed by atoms with E-state index in [0.717, 1.165) is 6.42 Å². The SMILES string of the molecule is CC[C@@H](C#N)N(C)C. The van der Waals surface area contributed by atoms with Crippen LogP contribution in [0, 0.1) is 11.3 Å². The monoisotopic (exact) mass is 112 g/mol. The Balaban J connectivity index is 3.57. The zero-order valence-electron chi connectivity index (χ0n) is 5.68. The summed E-state index contributed by atoms with van der Waals surface area (Å²) in [7, 11) is 3.83. The normalized spacial score (nSPS) is 13.4. The summed E-state index contributed by atoms with van der Waals surface area (Å²) in [5.41, 5.74) is 0. The van der Waals surface area contributed by atoms with E-state index in [0.29, 0.717) is 0 Å². The molecule has 0 heterocycles. The van der Waals surface area contributed by atoms with Gasteiger partial charge in [-0.25, -0.2) is 0 Å². The van der Waals surface area contributed by atoms with Crippen LogP contribution in [0.1, 0.15) is 13.3 Å². The zero-order valence-corrected chi connectivity index (χ0v) is 5.68. The van der Waals surface area contributed by atoms with Crippen LogP contribution in [0.15, 0.2) is 0 Å². The van der Waals surface area contributed by atoms with Gasteiger partial charge in [-0.05, 0) is 20.5 Å². The number of nitrogens with zero attached hydrogens (tertiary/aromatic N) is 2. The van der Waals surface area contributed by atoms with Gasteiger partial charge >= 0.3 is 0 Å². The van der Waals surface area contributed by atoms with E-state index in [1.807, 2.05) is 25.9 Å². The lowest BCUT2D eigenvalue weighted by Crippen LogP contribution is -2.24. The number of nitriles is 1. The molecule has 0 aliphatic heterocycles. The van der Waals surface area contributed by atoms with E-state index in [2.05, 4.69) is 6.07 Å². The fourth-order valence-corrected chi connectivity index (χ4v) is 0.572. The topological polar surface area (TPSA) is 27.0 Å². The fourth-order valence-electron chi connectivity index (χ4n) is 0.572. The third-order valence-corrected chi connectivity index (χ3v) is 1.16. The number of rotatable bonds is 2. The van der Waals surface area contributed by atoms with Gasteiger partial charge in [-0.2, -0.15) is 5.26 Å². The summed E-state index contributed by atoms with van der Waals surface area (Å²) < 4.78 is 0. The Morgan fingerprint density at radius 1 is 1.62 bits per heavy atom. The number of hydrogen-bond acceptors (Lipinski definition) is 2. The Bertz CT molecular complexity index is 91.2. The second-order valence-corrected chi connectivity index (χ2v) is 2.02. The predicted molar refractivity (Wildman–Crippen MR) is 33.4 cm³/mol. The van der Waals surface area contributed by atoms with Crippen molar-refractivity contribution in [1.82, 2.24) is 4.90 Å². The second-order valence-electron chi connectivity index (χ2n) is 2.02. The molecule has 0 aromatic heterocycles. The van der Waals surface area contributed by atoms with Gasteiger partial charge in [0.15, 0.2) is 0 Å². The van der Waals surface area contributed by atoms with Crippen LogP contribution in [0.5, 0.6) is 0 Å². The molecule has 0 fully saturated rings. The van der Waals surface area contributed by atoms with E-state index in [1.54, 1.807) is 0 Å². The third kappa shape index (κ3) is 1.94. The summed E-state index contributed by atoms with van der Waals surface area (Å²) in [5, 5.41) is 8.40. The fraction of sp³-hybridized carbons (Fsp3) is 0.833. The van der Waals surface area contributed by atoms with Gasteiger partial charge in [-0.1, -0.05) is 6.92 Å². The first kappa shape index (κ1) is 7.45. The molecule has 1 atom stereocenters. The molecule has 0 aliphatic rings. The zero-order chi connectivity index (χ0) is 6.57. The average Bonchev–Trinajstić information content (AvgIpc) is 1.69. The van der Waals surface area contributed by atoms with Crippen LogP contribution < -0.4 is 0 Å². The summed E-state index contributed by atoms with van der Waals surface area (Å²) in [6.07, 6.45) is 0.906. The molecule has 2 nitrogen and oxygen atoms in total. The van der Waals surface area contributed by atoms with E-state index in [-0.39, 0.29) is 6.04 Å². The molecule has 0 aromatic rings. The highest BCUT2D eigenvalue weighted by Crippen LogP contribution is 1.94. The molecule has 0 amide bonds. The van der Waals surface area contributed by atoms with Crippen LogP contribution in [-0.2, 0) is 0 Å². The van der Waals surface area contributed by atoms with Crippen molar-refractivity contribution in [2.45, 2.75) is 19.4 Å². The van der Waals surface area contributed by atoms with E-state index in [4.69, 9.17) is 5.26 Å². The second kappa shape index (κ2) is 3.45. The minimum atomic E-state index is 0.0926. The van der Waals surface area contributed by atoms with Crippen LogP contribution in [0.2, 0.25) is 0 Å². The first-order valence-corrected chi connectivity index (χ1v) is 2.78. The van der Waals surface area contributed by atoms with Crippen molar-refractivity contribution in [3.05, 3.63) is 0 Å². The van der Waals surface area contributed by atoms with Crippen molar-refractivity contribution in [2.75, 3.05) is 14.1 Å². The van der Waals surface area contributed by atoms with Crippen LogP contribution in [0.4, 0.5) is 0 Å². The van der Waals surface area contributed by atoms with Crippen molar-refractivity contribution in [2.24, 2.45) is 0 Å². The Morgan fingerprint density at radius 2 is 2.12 bits per heavy atom. The summed E-state index contributed by atoms with van der Waals surface area (Å²) >= 11 is 0. The summed E-state index contributed by atoms with van der Waals surface area (Å²) in [4.78, 5) is 1.92. The van der Waals surface area contributed by atoms with Gasteiger partial charge in [0.05, 0.1) is 12.1 Å². The van der Waals surface area contributed by atoms with Gasteiger partial charge < -0.3 is 0 Å². The van der Waals surface area contributed by atoms with Gasteiger partial charge in [0.2, 0.25) is 0 Å². The molecule has 0 bridgehead atoms. The minimum absolute atomic E-state index is 0.0926. The molecular formula is C6H12N2. The summed E-state index contributed by atoms with van der Waals surface area (Å²) in [5.74, 6) is 0. The van der Waals surface area contributed by atoms with E-state index < -0.39 is 0 Å². The van der Waals surface area contributed by atoms with Gasteiger partial charge in [0.25, 0.3) is 0 Å². The third-order valence-electron chi connectivity index (χ3n) is 1.16. The first-order chi connectivity index (χ1) is 3.72. The maximum absolute atomic E-state index is 8.40. The van der Waals surface area contributed by atoms with Crippen molar-refractivity contribution in [1.29, 1.82) is 5.26 Å². The molecular weight excluding hydrogens is 100 g/mol. The van der Waals surface area contributed by atoms with E-state index in [9.17, 15) is 0 Å². The maximum atomic E-state index is 8.40. The van der Waals surface area contributed by atoms with Crippen LogP contribution in [0.3, 0.4) is 0 Å². The molecule has 0 spiro atoms. The molecule has 0 radical (unpaired) electrons. The van der Waals surface area contributed by atoms with Gasteiger partial charge in [0.1, 0.15) is 0 Å². The minimum Gasteiger partial charge on any atom is -0.294 e.